The molecule has 0 atom stereocenters. The van der Waals surface area contributed by atoms with E-state index < -0.39 is 15.7 Å². The van der Waals surface area contributed by atoms with Gasteiger partial charge in [0.15, 0.2) is 15.8 Å². The number of nitrogens with one attached hydrogen (secondary N) is 2. The fourth-order valence-corrected chi connectivity index (χ4v) is 3.70. The fourth-order valence-electron chi connectivity index (χ4n) is 2.85. The topological polar surface area (TPSA) is 70.6 Å². The summed E-state index contributed by atoms with van der Waals surface area (Å²) in [6.45, 7) is 3.12. The number of nitrogens with zero attached hydrogens (tertiary/aromatic N) is 1. The average Bonchev–Trinajstić information content (AvgIpc) is 2.66. The summed E-state index contributed by atoms with van der Waals surface area (Å²) in [5, 5.41) is 6.35. The van der Waals surface area contributed by atoms with Crippen LogP contribution in [-0.4, -0.2) is 34.2 Å². The molecular weight excluding hydrogens is 377 g/mol. The van der Waals surface area contributed by atoms with Crippen molar-refractivity contribution in [1.82, 2.24) is 10.6 Å². The number of sulfone groups is 1. The number of halogens is 1. The second-order valence-electron chi connectivity index (χ2n) is 6.76. The summed E-state index contributed by atoms with van der Waals surface area (Å²) in [5.41, 5.74) is 3.74. The minimum absolute atomic E-state index is 0.121. The SMILES string of the molecule is CCc1ccc(CCNC(=NC)NCc2cc(F)ccc2CS(C)(=O)=O)cc1. The molecule has 2 aromatic rings. The molecule has 0 spiro atoms. The van der Waals surface area contributed by atoms with Gasteiger partial charge in [-0.05, 0) is 47.2 Å². The molecule has 152 valence electrons. The molecule has 0 fully saturated rings. The predicted molar refractivity (Wildman–Crippen MR) is 113 cm³/mol. The second-order valence-corrected chi connectivity index (χ2v) is 8.90. The van der Waals surface area contributed by atoms with Gasteiger partial charge in [0.2, 0.25) is 0 Å². The summed E-state index contributed by atoms with van der Waals surface area (Å²) in [6.07, 6.45) is 3.04. The molecule has 0 aliphatic carbocycles. The van der Waals surface area contributed by atoms with E-state index in [1.165, 1.54) is 35.6 Å². The number of hydrogen-bond donors (Lipinski definition) is 2. The number of aryl methyl sites for hydroxylation is 1. The highest BCUT2D eigenvalue weighted by atomic mass is 32.2. The van der Waals surface area contributed by atoms with Crippen LogP contribution >= 0.6 is 0 Å². The number of benzene rings is 2. The van der Waals surface area contributed by atoms with E-state index in [-0.39, 0.29) is 12.3 Å². The quantitative estimate of drug-likeness (QED) is 0.523. The minimum atomic E-state index is -3.20. The van der Waals surface area contributed by atoms with E-state index >= 15 is 0 Å². The van der Waals surface area contributed by atoms with Crippen LogP contribution in [0.1, 0.15) is 29.2 Å². The van der Waals surface area contributed by atoms with E-state index in [1.54, 1.807) is 7.05 Å². The molecule has 0 saturated carbocycles. The molecule has 2 aromatic carbocycles. The summed E-state index contributed by atoms with van der Waals surface area (Å²) in [7, 11) is -1.54. The Morgan fingerprint density at radius 2 is 1.71 bits per heavy atom. The van der Waals surface area contributed by atoms with Gasteiger partial charge < -0.3 is 10.6 Å². The van der Waals surface area contributed by atoms with Crippen molar-refractivity contribution >= 4 is 15.8 Å². The molecule has 0 saturated heterocycles. The van der Waals surface area contributed by atoms with Crippen molar-refractivity contribution < 1.29 is 12.8 Å². The molecule has 0 heterocycles. The van der Waals surface area contributed by atoms with Crippen molar-refractivity contribution in [3.05, 3.63) is 70.5 Å². The van der Waals surface area contributed by atoms with Crippen LogP contribution < -0.4 is 10.6 Å². The van der Waals surface area contributed by atoms with Crippen LogP contribution in [0.2, 0.25) is 0 Å². The lowest BCUT2D eigenvalue weighted by Crippen LogP contribution is -2.38. The smallest absolute Gasteiger partial charge is 0.191 e. The summed E-state index contributed by atoms with van der Waals surface area (Å²) in [6, 6.07) is 12.7. The average molecular weight is 406 g/mol. The van der Waals surface area contributed by atoms with Gasteiger partial charge in [-0.25, -0.2) is 12.8 Å². The zero-order valence-corrected chi connectivity index (χ0v) is 17.4. The lowest BCUT2D eigenvalue weighted by Gasteiger charge is -2.14. The van der Waals surface area contributed by atoms with Crippen LogP contribution in [0.25, 0.3) is 0 Å². The van der Waals surface area contributed by atoms with E-state index in [0.717, 1.165) is 12.8 Å². The van der Waals surface area contributed by atoms with Gasteiger partial charge in [-0.3, -0.25) is 4.99 Å². The second kappa shape index (κ2) is 10.2. The first kappa shape index (κ1) is 21.9. The summed E-state index contributed by atoms with van der Waals surface area (Å²) < 4.78 is 36.8. The van der Waals surface area contributed by atoms with Gasteiger partial charge in [-0.2, -0.15) is 0 Å². The molecule has 0 aliphatic heterocycles. The molecule has 7 heteroatoms. The molecule has 0 radical (unpaired) electrons. The van der Waals surface area contributed by atoms with Crippen molar-refractivity contribution in [3.63, 3.8) is 0 Å². The third kappa shape index (κ3) is 7.31. The predicted octanol–water partition coefficient (Wildman–Crippen LogP) is 2.84. The number of hydrogen-bond acceptors (Lipinski definition) is 3. The molecule has 0 aliphatic rings. The van der Waals surface area contributed by atoms with Crippen molar-refractivity contribution in [2.24, 2.45) is 4.99 Å². The Hall–Kier alpha value is -2.41. The van der Waals surface area contributed by atoms with Crippen LogP contribution in [-0.2, 0) is 35.0 Å². The first-order valence-corrected chi connectivity index (χ1v) is 11.3. The van der Waals surface area contributed by atoms with Crippen molar-refractivity contribution in [2.75, 3.05) is 19.8 Å². The Morgan fingerprint density at radius 3 is 2.32 bits per heavy atom. The van der Waals surface area contributed by atoms with Gasteiger partial charge in [-0.1, -0.05) is 37.3 Å². The van der Waals surface area contributed by atoms with E-state index in [0.29, 0.717) is 23.6 Å². The maximum atomic E-state index is 13.6. The maximum Gasteiger partial charge on any atom is 0.191 e. The molecule has 5 nitrogen and oxygen atoms in total. The molecule has 28 heavy (non-hydrogen) atoms. The third-order valence-electron chi connectivity index (χ3n) is 4.39. The zero-order chi connectivity index (χ0) is 20.6. The number of guanidine groups is 1. The number of rotatable bonds is 8. The fraction of sp³-hybridized carbons (Fsp3) is 0.381. The highest BCUT2D eigenvalue weighted by Gasteiger charge is 2.11. The molecule has 0 amide bonds. The molecule has 2 rings (SSSR count). The van der Waals surface area contributed by atoms with Crippen LogP contribution in [0, 0.1) is 5.82 Å². The normalized spacial score (nSPS) is 12.1. The Bertz CT molecular complexity index is 910. The maximum absolute atomic E-state index is 13.6. The largest absolute Gasteiger partial charge is 0.356 e. The van der Waals surface area contributed by atoms with Crippen LogP contribution in [0.5, 0.6) is 0 Å². The molecule has 2 N–H and O–H groups in total. The van der Waals surface area contributed by atoms with Gasteiger partial charge in [0, 0.05) is 26.4 Å². The van der Waals surface area contributed by atoms with Gasteiger partial charge >= 0.3 is 0 Å². The van der Waals surface area contributed by atoms with E-state index in [9.17, 15) is 12.8 Å². The van der Waals surface area contributed by atoms with E-state index in [2.05, 4.69) is 46.8 Å². The molecule has 0 aromatic heterocycles. The Labute approximate surface area is 167 Å². The zero-order valence-electron chi connectivity index (χ0n) is 16.6. The summed E-state index contributed by atoms with van der Waals surface area (Å²) in [5.74, 6) is 0.0663. The monoisotopic (exact) mass is 405 g/mol. The highest BCUT2D eigenvalue weighted by Crippen LogP contribution is 2.14. The van der Waals surface area contributed by atoms with Gasteiger partial charge in [0.1, 0.15) is 5.82 Å². The first-order valence-electron chi connectivity index (χ1n) is 9.28. The van der Waals surface area contributed by atoms with Crippen molar-refractivity contribution in [1.29, 1.82) is 0 Å². The molecule has 0 bridgehead atoms. The molecular formula is C21H28FN3O2S. The summed E-state index contributed by atoms with van der Waals surface area (Å²) in [4.78, 5) is 4.17. The standard InChI is InChI=1S/C21H28FN3O2S/c1-4-16-5-7-17(8-6-16)11-12-24-21(23-2)25-14-19-13-20(22)10-9-18(19)15-28(3,26)27/h5-10,13H,4,11-12,14-15H2,1-3H3,(H2,23,24,25). The van der Waals surface area contributed by atoms with Crippen molar-refractivity contribution in [2.45, 2.75) is 32.1 Å². The Morgan fingerprint density at radius 1 is 1.04 bits per heavy atom. The molecule has 0 unspecified atom stereocenters. The van der Waals surface area contributed by atoms with Crippen LogP contribution in [0.3, 0.4) is 0 Å². The van der Waals surface area contributed by atoms with E-state index in [1.807, 2.05) is 0 Å². The Balaban J connectivity index is 1.92. The van der Waals surface area contributed by atoms with Crippen molar-refractivity contribution in [3.8, 4) is 0 Å². The lowest BCUT2D eigenvalue weighted by atomic mass is 10.1. The number of aliphatic imine (C=N–C) groups is 1. The van der Waals surface area contributed by atoms with Gasteiger partial charge in [-0.15, -0.1) is 0 Å². The third-order valence-corrected chi connectivity index (χ3v) is 5.23. The lowest BCUT2D eigenvalue weighted by molar-refractivity contribution is 0.599. The van der Waals surface area contributed by atoms with E-state index in [4.69, 9.17) is 0 Å². The highest BCUT2D eigenvalue weighted by molar-refractivity contribution is 7.89. The minimum Gasteiger partial charge on any atom is -0.356 e. The summed E-state index contributed by atoms with van der Waals surface area (Å²) >= 11 is 0. The first-order chi connectivity index (χ1) is 13.3. The Kier molecular flexibility index (Phi) is 7.99. The van der Waals surface area contributed by atoms with Gasteiger partial charge in [0.25, 0.3) is 0 Å². The van der Waals surface area contributed by atoms with Gasteiger partial charge in [0.05, 0.1) is 5.75 Å². The van der Waals surface area contributed by atoms with Crippen LogP contribution in [0.4, 0.5) is 4.39 Å². The van der Waals surface area contributed by atoms with Crippen LogP contribution in [0.15, 0.2) is 47.5 Å².